The van der Waals surface area contributed by atoms with Gasteiger partial charge >= 0.3 is 23.9 Å². The van der Waals surface area contributed by atoms with Gasteiger partial charge in [0, 0.05) is 6.54 Å². The van der Waals surface area contributed by atoms with Crippen molar-refractivity contribution in [3.8, 4) is 0 Å². The van der Waals surface area contributed by atoms with Crippen molar-refractivity contribution in [2.75, 3.05) is 13.2 Å². The third kappa shape index (κ3) is 8.09. The van der Waals surface area contributed by atoms with Gasteiger partial charge in [0.1, 0.15) is 18.3 Å². The second kappa shape index (κ2) is 16.1. The van der Waals surface area contributed by atoms with Crippen molar-refractivity contribution in [1.82, 2.24) is 26.6 Å². The fraction of sp³-hybridized carbons (Fsp3) is 0.237. The first-order valence-corrected chi connectivity index (χ1v) is 16.8. The van der Waals surface area contributed by atoms with Gasteiger partial charge in [0.15, 0.2) is 12.2 Å². The summed E-state index contributed by atoms with van der Waals surface area (Å²) in [5.41, 5.74) is 6.51. The van der Waals surface area contributed by atoms with Crippen LogP contribution in [0.1, 0.15) is 41.4 Å². The van der Waals surface area contributed by atoms with Crippen LogP contribution in [0, 0.1) is 0 Å². The molecular formula is C38H35N5O10. The van der Waals surface area contributed by atoms with Gasteiger partial charge in [0.2, 0.25) is 18.3 Å². The van der Waals surface area contributed by atoms with Crippen molar-refractivity contribution in [2.45, 2.75) is 42.9 Å². The summed E-state index contributed by atoms with van der Waals surface area (Å²) in [6.07, 6.45) is -8.21. The normalized spacial score (nSPS) is 25.3. The third-order valence-corrected chi connectivity index (χ3v) is 8.83. The van der Waals surface area contributed by atoms with Crippen LogP contribution in [0.3, 0.4) is 0 Å². The van der Waals surface area contributed by atoms with E-state index in [0.29, 0.717) is 0 Å². The number of nitrogens with zero attached hydrogens (tertiary/aromatic N) is 1. The largest absolute Gasteiger partial charge is 0.452 e. The van der Waals surface area contributed by atoms with Gasteiger partial charge in [-0.2, -0.15) is 5.53 Å². The number of carbonyl (C=O) groups is 5. The Bertz CT molecular complexity index is 1920. The van der Waals surface area contributed by atoms with E-state index in [-0.39, 0.29) is 41.4 Å². The number of esters is 4. The molecule has 0 radical (unpaired) electrons. The van der Waals surface area contributed by atoms with E-state index >= 15 is 0 Å². The molecule has 2 unspecified atom stereocenters. The smallest absolute Gasteiger partial charge is 0.340 e. The third-order valence-electron chi connectivity index (χ3n) is 8.83. The molecule has 0 saturated carbocycles. The van der Waals surface area contributed by atoms with E-state index in [1.807, 2.05) is 0 Å². The minimum atomic E-state index is -1.69. The van der Waals surface area contributed by atoms with Gasteiger partial charge in [-0.25, -0.2) is 29.6 Å². The molecule has 3 saturated heterocycles. The van der Waals surface area contributed by atoms with Crippen LogP contribution < -0.4 is 21.6 Å². The standard InChI is InChI=1S/C38H35N5O10/c44-33-28-32(39-22-40-33)43(42-41-28)21-27-29(50-34(45)23-13-5-1-6-14-23)30(51-35(46)24-15-7-2-8-16-24)31(52-36(47)25-17-9-3-10-18-25)38(49-27)53-37(48)26-19-11-4-12-20-26/h1-20,27-32,38-39,41-42H,21-22H2,(H,40,44)/t27-,28?,29-,30+,31-,32?,38-/m1/s1. The number of benzene rings is 4. The Kier molecular flexibility index (Phi) is 10.8. The molecule has 4 aromatic rings. The van der Waals surface area contributed by atoms with Crippen molar-refractivity contribution in [2.24, 2.45) is 0 Å². The van der Waals surface area contributed by atoms with Crippen LogP contribution in [0.15, 0.2) is 121 Å². The Morgan fingerprint density at radius 2 is 1.04 bits per heavy atom. The molecule has 53 heavy (non-hydrogen) atoms. The molecule has 7 atom stereocenters. The number of hydrogen-bond donors (Lipinski definition) is 4. The van der Waals surface area contributed by atoms with E-state index in [4.69, 9.17) is 23.7 Å². The number of ether oxygens (including phenoxy) is 5. The fourth-order valence-electron chi connectivity index (χ4n) is 6.19. The van der Waals surface area contributed by atoms with Gasteiger partial charge < -0.3 is 29.0 Å². The first-order chi connectivity index (χ1) is 25.9. The maximum atomic E-state index is 13.8. The SMILES string of the molecule is O=C(O[C@H]1O[C@H](CN2NNC3C(=O)NCNC32)[C@@H](OC(=O)c2ccccc2)[C@H](OC(=O)c2ccccc2)[C@H]1OC(=O)c1ccccc1)c1ccccc1. The topological polar surface area (TPSA) is 183 Å². The summed E-state index contributed by atoms with van der Waals surface area (Å²) >= 11 is 0. The maximum absolute atomic E-state index is 13.8. The Hall–Kier alpha value is -5.97. The van der Waals surface area contributed by atoms with Crippen molar-refractivity contribution >= 4 is 29.8 Å². The summed E-state index contributed by atoms with van der Waals surface area (Å²) in [4.78, 5) is 67.4. The highest BCUT2D eigenvalue weighted by atomic mass is 16.7. The molecule has 3 aliphatic rings. The summed E-state index contributed by atoms with van der Waals surface area (Å²) in [6, 6.07) is 31.6. The zero-order valence-electron chi connectivity index (χ0n) is 28.0. The number of hydrogen-bond acceptors (Lipinski definition) is 14. The molecule has 272 valence electrons. The van der Waals surface area contributed by atoms with Crippen molar-refractivity contribution < 1.29 is 47.7 Å². The number of rotatable bonds is 10. The molecule has 0 aliphatic carbocycles. The first kappa shape index (κ1) is 35.4. The molecule has 15 nitrogen and oxygen atoms in total. The van der Waals surface area contributed by atoms with Crippen LogP contribution >= 0.6 is 0 Å². The minimum Gasteiger partial charge on any atom is -0.452 e. The van der Waals surface area contributed by atoms with Gasteiger partial charge in [-0.3, -0.25) is 10.1 Å². The number of hydrazine groups is 2. The molecule has 1 amide bonds. The van der Waals surface area contributed by atoms with Crippen LogP contribution in [0.25, 0.3) is 0 Å². The molecule has 4 N–H and O–H groups in total. The Morgan fingerprint density at radius 3 is 1.53 bits per heavy atom. The molecular weight excluding hydrogens is 686 g/mol. The van der Waals surface area contributed by atoms with Crippen LogP contribution in [0.4, 0.5) is 0 Å². The van der Waals surface area contributed by atoms with Gasteiger partial charge in [-0.1, -0.05) is 72.8 Å². The van der Waals surface area contributed by atoms with Gasteiger partial charge in [-0.05, 0) is 48.5 Å². The fourth-order valence-corrected chi connectivity index (χ4v) is 6.19. The van der Waals surface area contributed by atoms with Crippen molar-refractivity contribution in [3.63, 3.8) is 0 Å². The summed E-state index contributed by atoms with van der Waals surface area (Å²) < 4.78 is 30.6. The van der Waals surface area contributed by atoms with E-state index in [1.165, 1.54) is 36.4 Å². The van der Waals surface area contributed by atoms with Crippen molar-refractivity contribution in [3.05, 3.63) is 144 Å². The highest BCUT2D eigenvalue weighted by Gasteiger charge is 2.55. The molecule has 15 heteroatoms. The molecule has 0 spiro atoms. The Balaban J connectivity index is 1.30. The average molecular weight is 722 g/mol. The summed E-state index contributed by atoms with van der Waals surface area (Å²) in [6.45, 7) is 0.0449. The van der Waals surface area contributed by atoms with E-state index < -0.39 is 66.8 Å². The number of amides is 1. The highest BCUT2D eigenvalue weighted by molar-refractivity contribution is 5.92. The van der Waals surface area contributed by atoms with Crippen LogP contribution in [0.5, 0.6) is 0 Å². The molecule has 3 heterocycles. The molecule has 4 aromatic carbocycles. The second-order valence-corrected chi connectivity index (χ2v) is 12.3. The predicted molar refractivity (Wildman–Crippen MR) is 184 cm³/mol. The molecule has 0 aromatic heterocycles. The number of fused-ring (bicyclic) bond motifs is 1. The van der Waals surface area contributed by atoms with Crippen LogP contribution in [-0.4, -0.2) is 90.9 Å². The van der Waals surface area contributed by atoms with Gasteiger partial charge in [-0.15, -0.1) is 0 Å². The lowest BCUT2D eigenvalue weighted by atomic mass is 9.96. The maximum Gasteiger partial charge on any atom is 0.340 e. The van der Waals surface area contributed by atoms with Gasteiger partial charge in [0.25, 0.3) is 0 Å². The summed E-state index contributed by atoms with van der Waals surface area (Å²) in [5, 5.41) is 7.51. The lowest BCUT2D eigenvalue weighted by Crippen LogP contribution is -2.66. The van der Waals surface area contributed by atoms with E-state index in [2.05, 4.69) is 21.6 Å². The lowest BCUT2D eigenvalue weighted by molar-refractivity contribution is -0.281. The number of nitrogens with one attached hydrogen (secondary N) is 4. The summed E-state index contributed by atoms with van der Waals surface area (Å²) in [7, 11) is 0. The number of carbonyl (C=O) groups excluding carboxylic acids is 5. The lowest BCUT2D eigenvalue weighted by Gasteiger charge is -2.45. The zero-order chi connectivity index (χ0) is 36.7. The minimum absolute atomic E-state index is 0.126. The first-order valence-electron chi connectivity index (χ1n) is 16.8. The molecule has 0 bridgehead atoms. The highest BCUT2D eigenvalue weighted by Crippen LogP contribution is 2.33. The van der Waals surface area contributed by atoms with E-state index in [0.717, 1.165) is 0 Å². The molecule has 3 aliphatic heterocycles. The molecule has 7 rings (SSSR count). The zero-order valence-corrected chi connectivity index (χ0v) is 28.0. The monoisotopic (exact) mass is 721 g/mol. The Labute approximate surface area is 303 Å². The van der Waals surface area contributed by atoms with Crippen LogP contribution in [-0.2, 0) is 28.5 Å². The van der Waals surface area contributed by atoms with Crippen molar-refractivity contribution in [1.29, 1.82) is 0 Å². The average Bonchev–Trinajstić information content (AvgIpc) is 3.62. The summed E-state index contributed by atoms with van der Waals surface area (Å²) in [5.74, 6) is -3.57. The quantitative estimate of drug-likeness (QED) is 0.138. The van der Waals surface area contributed by atoms with Gasteiger partial charge in [0.05, 0.1) is 28.9 Å². The van der Waals surface area contributed by atoms with E-state index in [1.54, 1.807) is 89.9 Å². The van der Waals surface area contributed by atoms with Crippen LogP contribution in [0.2, 0.25) is 0 Å². The molecule has 3 fully saturated rings. The van der Waals surface area contributed by atoms with E-state index in [9.17, 15) is 24.0 Å². The second-order valence-electron chi connectivity index (χ2n) is 12.3. The predicted octanol–water partition coefficient (Wildman–Crippen LogP) is 1.94. The Morgan fingerprint density at radius 1 is 0.604 bits per heavy atom.